The number of carbonyl (C=O) groups is 2. The number of aromatic nitrogens is 1. The van der Waals surface area contributed by atoms with E-state index in [2.05, 4.69) is 33.9 Å². The number of piperazine rings is 1. The van der Waals surface area contributed by atoms with Gasteiger partial charge in [-0.2, -0.15) is 0 Å². The van der Waals surface area contributed by atoms with Gasteiger partial charge in [0.2, 0.25) is 0 Å². The summed E-state index contributed by atoms with van der Waals surface area (Å²) in [6.45, 7) is 10.2. The molecule has 0 aliphatic carbocycles. The van der Waals surface area contributed by atoms with E-state index >= 15 is 0 Å². The number of amides is 2. The Hall–Kier alpha value is -2.15. The van der Waals surface area contributed by atoms with Crippen LogP contribution in [0.25, 0.3) is 0 Å². The minimum Gasteiger partial charge on any atom is -0.353 e. The van der Waals surface area contributed by atoms with Crippen molar-refractivity contribution in [3.63, 3.8) is 0 Å². The van der Waals surface area contributed by atoms with Crippen LogP contribution in [0.1, 0.15) is 20.3 Å². The zero-order valence-electron chi connectivity index (χ0n) is 15.3. The molecule has 138 valence electrons. The predicted molar refractivity (Wildman–Crippen MR) is 98.4 cm³/mol. The van der Waals surface area contributed by atoms with Crippen LogP contribution < -0.4 is 10.2 Å². The van der Waals surface area contributed by atoms with Crippen molar-refractivity contribution in [2.45, 2.75) is 20.3 Å². The van der Waals surface area contributed by atoms with Gasteiger partial charge in [0.15, 0.2) is 0 Å². The minimum absolute atomic E-state index is 0.427. The average molecular weight is 347 g/mol. The molecule has 0 unspecified atom stereocenters. The molecule has 0 spiro atoms. The SMILES string of the molecule is CCN(CC)CCCNC(=O)C(=O)N1CCN(c2ccccn2)CC1. The van der Waals surface area contributed by atoms with E-state index in [9.17, 15) is 9.59 Å². The third-order valence-electron chi connectivity index (χ3n) is 4.57. The molecule has 1 aliphatic heterocycles. The highest BCUT2D eigenvalue weighted by molar-refractivity contribution is 6.35. The van der Waals surface area contributed by atoms with Gasteiger partial charge in [0.1, 0.15) is 5.82 Å². The van der Waals surface area contributed by atoms with Crippen molar-refractivity contribution in [1.29, 1.82) is 0 Å². The second-order valence-corrected chi connectivity index (χ2v) is 6.10. The largest absolute Gasteiger partial charge is 0.353 e. The fourth-order valence-electron chi connectivity index (χ4n) is 2.94. The monoisotopic (exact) mass is 347 g/mol. The molecule has 0 atom stereocenters. The Morgan fingerprint density at radius 3 is 2.48 bits per heavy atom. The van der Waals surface area contributed by atoms with Crippen molar-refractivity contribution in [2.24, 2.45) is 0 Å². The van der Waals surface area contributed by atoms with Gasteiger partial charge < -0.3 is 20.0 Å². The van der Waals surface area contributed by atoms with Gasteiger partial charge in [0, 0.05) is 38.9 Å². The van der Waals surface area contributed by atoms with Crippen LogP contribution in [-0.4, -0.2) is 79.0 Å². The fraction of sp³-hybridized carbons (Fsp3) is 0.611. The van der Waals surface area contributed by atoms with Gasteiger partial charge in [-0.15, -0.1) is 0 Å². The van der Waals surface area contributed by atoms with Gasteiger partial charge in [-0.25, -0.2) is 4.98 Å². The lowest BCUT2D eigenvalue weighted by Gasteiger charge is -2.35. The van der Waals surface area contributed by atoms with Gasteiger partial charge >= 0.3 is 11.8 Å². The maximum Gasteiger partial charge on any atom is 0.312 e. The number of rotatable bonds is 7. The maximum atomic E-state index is 12.3. The molecule has 1 aromatic rings. The van der Waals surface area contributed by atoms with Crippen molar-refractivity contribution in [3.05, 3.63) is 24.4 Å². The molecule has 0 aromatic carbocycles. The zero-order chi connectivity index (χ0) is 18.1. The highest BCUT2D eigenvalue weighted by Gasteiger charge is 2.26. The Labute approximate surface area is 150 Å². The molecule has 0 saturated carbocycles. The summed E-state index contributed by atoms with van der Waals surface area (Å²) in [6.07, 6.45) is 2.62. The van der Waals surface area contributed by atoms with Crippen molar-refractivity contribution >= 4 is 17.6 Å². The standard InChI is InChI=1S/C18H29N5O2/c1-3-21(4-2)11-7-10-20-17(24)18(25)23-14-12-22(13-15-23)16-8-5-6-9-19-16/h5-6,8-9H,3-4,7,10-15H2,1-2H3,(H,20,24). The summed E-state index contributed by atoms with van der Waals surface area (Å²) in [5.41, 5.74) is 0. The van der Waals surface area contributed by atoms with E-state index in [0.29, 0.717) is 32.7 Å². The van der Waals surface area contributed by atoms with Gasteiger partial charge in [0.05, 0.1) is 0 Å². The predicted octanol–water partition coefficient (Wildman–Crippen LogP) is 0.578. The van der Waals surface area contributed by atoms with Crippen molar-refractivity contribution in [3.8, 4) is 0 Å². The van der Waals surface area contributed by atoms with Crippen molar-refractivity contribution < 1.29 is 9.59 Å². The normalized spacial score (nSPS) is 14.7. The lowest BCUT2D eigenvalue weighted by Crippen LogP contribution is -2.53. The molecule has 1 aromatic heterocycles. The van der Waals surface area contributed by atoms with E-state index in [-0.39, 0.29) is 0 Å². The first kappa shape index (κ1) is 19.2. The molecule has 1 aliphatic rings. The van der Waals surface area contributed by atoms with Gasteiger partial charge in [0.25, 0.3) is 0 Å². The molecule has 1 saturated heterocycles. The Morgan fingerprint density at radius 2 is 1.88 bits per heavy atom. The molecule has 1 fully saturated rings. The first-order chi connectivity index (χ1) is 12.2. The molecular weight excluding hydrogens is 318 g/mol. The Kier molecular flexibility index (Phi) is 7.66. The Morgan fingerprint density at radius 1 is 1.16 bits per heavy atom. The molecule has 25 heavy (non-hydrogen) atoms. The van der Waals surface area contributed by atoms with Crippen LogP contribution >= 0.6 is 0 Å². The van der Waals surface area contributed by atoms with E-state index in [4.69, 9.17) is 0 Å². The average Bonchev–Trinajstić information content (AvgIpc) is 2.68. The van der Waals surface area contributed by atoms with Gasteiger partial charge in [-0.1, -0.05) is 19.9 Å². The molecule has 2 rings (SSSR count). The molecule has 7 nitrogen and oxygen atoms in total. The molecule has 0 radical (unpaired) electrons. The van der Waals surface area contributed by atoms with Crippen molar-refractivity contribution in [2.75, 3.05) is 57.3 Å². The number of hydrogen-bond donors (Lipinski definition) is 1. The summed E-state index contributed by atoms with van der Waals surface area (Å²) in [4.78, 5) is 34.7. The second kappa shape index (κ2) is 9.98. The molecular formula is C18H29N5O2. The van der Waals surface area contributed by atoms with E-state index in [1.165, 1.54) is 0 Å². The lowest BCUT2D eigenvalue weighted by atomic mass is 10.3. The summed E-state index contributed by atoms with van der Waals surface area (Å²) in [7, 11) is 0. The zero-order valence-corrected chi connectivity index (χ0v) is 15.3. The first-order valence-electron chi connectivity index (χ1n) is 9.11. The number of pyridine rings is 1. The Bertz CT molecular complexity index is 540. The summed E-state index contributed by atoms with van der Waals surface area (Å²) in [6, 6.07) is 5.79. The number of hydrogen-bond acceptors (Lipinski definition) is 5. The van der Waals surface area contributed by atoms with E-state index in [1.54, 1.807) is 11.1 Å². The van der Waals surface area contributed by atoms with Crippen LogP contribution in [0.3, 0.4) is 0 Å². The Balaban J connectivity index is 1.70. The summed E-state index contributed by atoms with van der Waals surface area (Å²) in [5.74, 6) is -0.00945. The van der Waals surface area contributed by atoms with Crippen molar-refractivity contribution in [1.82, 2.24) is 20.1 Å². The molecule has 7 heteroatoms. The summed E-state index contributed by atoms with van der Waals surface area (Å²) in [5, 5.41) is 2.74. The minimum atomic E-state index is -0.495. The molecule has 2 heterocycles. The molecule has 2 amide bonds. The topological polar surface area (TPSA) is 68.8 Å². The third kappa shape index (κ3) is 5.70. The van der Waals surface area contributed by atoms with Crippen LogP contribution in [0.15, 0.2) is 24.4 Å². The van der Waals surface area contributed by atoms with E-state index in [1.807, 2.05) is 18.2 Å². The highest BCUT2D eigenvalue weighted by Crippen LogP contribution is 2.12. The molecule has 0 bridgehead atoms. The number of nitrogens with one attached hydrogen (secondary N) is 1. The quantitative estimate of drug-likeness (QED) is 0.577. The van der Waals surface area contributed by atoms with Gasteiger partial charge in [-0.3, -0.25) is 9.59 Å². The van der Waals surface area contributed by atoms with Crippen LogP contribution in [0.5, 0.6) is 0 Å². The maximum absolute atomic E-state index is 12.3. The smallest absolute Gasteiger partial charge is 0.312 e. The number of anilines is 1. The third-order valence-corrected chi connectivity index (χ3v) is 4.57. The van der Waals surface area contributed by atoms with E-state index < -0.39 is 11.8 Å². The van der Waals surface area contributed by atoms with Crippen LogP contribution in [-0.2, 0) is 9.59 Å². The number of nitrogens with zero attached hydrogens (tertiary/aromatic N) is 4. The summed E-state index contributed by atoms with van der Waals surface area (Å²) < 4.78 is 0. The number of carbonyl (C=O) groups excluding carboxylic acids is 2. The lowest BCUT2D eigenvalue weighted by molar-refractivity contribution is -0.146. The summed E-state index contributed by atoms with van der Waals surface area (Å²) >= 11 is 0. The first-order valence-corrected chi connectivity index (χ1v) is 9.11. The fourth-order valence-corrected chi connectivity index (χ4v) is 2.94. The van der Waals surface area contributed by atoms with Crippen LogP contribution in [0.4, 0.5) is 5.82 Å². The van der Waals surface area contributed by atoms with E-state index in [0.717, 1.165) is 31.9 Å². The van der Waals surface area contributed by atoms with Crippen LogP contribution in [0, 0.1) is 0 Å². The second-order valence-electron chi connectivity index (χ2n) is 6.10. The molecule has 1 N–H and O–H groups in total. The highest BCUT2D eigenvalue weighted by atomic mass is 16.2. The van der Waals surface area contributed by atoms with Gasteiger partial charge in [-0.05, 0) is 38.2 Å². The van der Waals surface area contributed by atoms with Crippen LogP contribution in [0.2, 0.25) is 0 Å².